The van der Waals surface area contributed by atoms with Crippen molar-refractivity contribution >= 4 is 41.5 Å². The lowest BCUT2D eigenvalue weighted by Gasteiger charge is -2.26. The van der Waals surface area contributed by atoms with Gasteiger partial charge >= 0.3 is 0 Å². The molecule has 0 radical (unpaired) electrons. The van der Waals surface area contributed by atoms with Crippen molar-refractivity contribution in [2.75, 3.05) is 18.4 Å². The fourth-order valence-electron chi connectivity index (χ4n) is 3.27. The molecule has 1 amide bonds. The molecule has 6 heteroatoms. The Hall–Kier alpha value is -2.09. The number of amides is 1. The predicted molar refractivity (Wildman–Crippen MR) is 126 cm³/mol. The van der Waals surface area contributed by atoms with Crippen LogP contribution in [-0.2, 0) is 13.0 Å². The van der Waals surface area contributed by atoms with Gasteiger partial charge in [0, 0.05) is 24.3 Å². The van der Waals surface area contributed by atoms with Crippen molar-refractivity contribution in [3.05, 3.63) is 65.2 Å². The molecule has 3 rings (SSSR count). The monoisotopic (exact) mass is 492 g/mol. The molecule has 0 saturated carbocycles. The van der Waals surface area contributed by atoms with Gasteiger partial charge in [0.2, 0.25) is 0 Å². The van der Waals surface area contributed by atoms with Crippen LogP contribution in [0.2, 0.25) is 0 Å². The summed E-state index contributed by atoms with van der Waals surface area (Å²) in [5, 5.41) is 3.13. The quantitative estimate of drug-likeness (QED) is 0.369. The third-order valence-corrected chi connectivity index (χ3v) is 4.88. The van der Waals surface area contributed by atoms with E-state index >= 15 is 0 Å². The van der Waals surface area contributed by atoms with Gasteiger partial charge in [0.15, 0.2) is 5.96 Å². The smallest absolute Gasteiger partial charge is 0.253 e. The molecule has 0 unspecified atom stereocenters. The van der Waals surface area contributed by atoms with Crippen molar-refractivity contribution in [3.63, 3.8) is 0 Å². The third-order valence-electron chi connectivity index (χ3n) is 4.88. The summed E-state index contributed by atoms with van der Waals surface area (Å²) in [6, 6.07) is 15.8. The third kappa shape index (κ3) is 6.22. The molecule has 0 atom stereocenters. The fourth-order valence-corrected chi connectivity index (χ4v) is 3.27. The van der Waals surface area contributed by atoms with Gasteiger partial charge in [-0.3, -0.25) is 4.79 Å². The summed E-state index contributed by atoms with van der Waals surface area (Å²) in [6.07, 6.45) is 4.41. The second-order valence-corrected chi connectivity index (χ2v) is 6.93. The van der Waals surface area contributed by atoms with Crippen LogP contribution >= 0.6 is 24.0 Å². The summed E-state index contributed by atoms with van der Waals surface area (Å²) in [6.45, 7) is 4.33. The second kappa shape index (κ2) is 11.0. The molecule has 1 saturated heterocycles. The number of guanidine groups is 1. The van der Waals surface area contributed by atoms with Crippen molar-refractivity contribution in [2.24, 2.45) is 10.7 Å². The number of carbonyl (C=O) groups is 1. The number of piperidine rings is 1. The topological polar surface area (TPSA) is 70.7 Å². The van der Waals surface area contributed by atoms with Gasteiger partial charge in [-0.15, -0.1) is 24.0 Å². The minimum atomic E-state index is 0. The van der Waals surface area contributed by atoms with Gasteiger partial charge in [0.25, 0.3) is 5.91 Å². The van der Waals surface area contributed by atoms with Crippen LogP contribution in [0.1, 0.15) is 47.7 Å². The number of rotatable bonds is 5. The Bertz CT molecular complexity index is 798. The summed E-state index contributed by atoms with van der Waals surface area (Å²) in [4.78, 5) is 18.8. The van der Waals surface area contributed by atoms with Crippen LogP contribution in [0.25, 0.3) is 0 Å². The van der Waals surface area contributed by atoms with E-state index in [4.69, 9.17) is 5.73 Å². The van der Waals surface area contributed by atoms with Crippen molar-refractivity contribution in [3.8, 4) is 0 Å². The highest BCUT2D eigenvalue weighted by Gasteiger charge is 2.17. The van der Waals surface area contributed by atoms with Gasteiger partial charge in [-0.2, -0.15) is 0 Å². The number of carbonyl (C=O) groups excluding carboxylic acids is 1. The van der Waals surface area contributed by atoms with Gasteiger partial charge in [0.1, 0.15) is 0 Å². The van der Waals surface area contributed by atoms with Crippen LogP contribution in [0.4, 0.5) is 5.69 Å². The zero-order chi connectivity index (χ0) is 19.1. The van der Waals surface area contributed by atoms with Crippen molar-refractivity contribution in [1.29, 1.82) is 0 Å². The maximum Gasteiger partial charge on any atom is 0.253 e. The van der Waals surface area contributed by atoms with Crippen LogP contribution in [0.15, 0.2) is 53.5 Å². The van der Waals surface area contributed by atoms with E-state index < -0.39 is 0 Å². The van der Waals surface area contributed by atoms with Crippen LogP contribution in [0.5, 0.6) is 0 Å². The molecule has 5 nitrogen and oxygen atoms in total. The first-order chi connectivity index (χ1) is 13.2. The minimum Gasteiger partial charge on any atom is -0.370 e. The molecule has 0 spiro atoms. The number of aryl methyl sites for hydroxylation is 1. The molecule has 28 heavy (non-hydrogen) atoms. The Morgan fingerprint density at radius 3 is 2.46 bits per heavy atom. The summed E-state index contributed by atoms with van der Waals surface area (Å²) in [5.41, 5.74) is 9.96. The molecule has 1 fully saturated rings. The highest BCUT2D eigenvalue weighted by atomic mass is 127. The van der Waals surface area contributed by atoms with Crippen molar-refractivity contribution in [1.82, 2.24) is 4.90 Å². The van der Waals surface area contributed by atoms with E-state index in [0.29, 0.717) is 12.5 Å². The predicted octanol–water partition coefficient (Wildman–Crippen LogP) is 4.42. The van der Waals surface area contributed by atoms with Gasteiger partial charge in [-0.1, -0.05) is 31.2 Å². The van der Waals surface area contributed by atoms with Gasteiger partial charge < -0.3 is 16.0 Å². The number of anilines is 1. The average molecular weight is 492 g/mol. The van der Waals surface area contributed by atoms with Gasteiger partial charge in [-0.25, -0.2) is 4.99 Å². The number of hydrogen-bond acceptors (Lipinski definition) is 2. The van der Waals surface area contributed by atoms with E-state index in [0.717, 1.165) is 49.2 Å². The lowest BCUT2D eigenvalue weighted by atomic mass is 10.1. The summed E-state index contributed by atoms with van der Waals surface area (Å²) in [7, 11) is 0. The molecule has 150 valence electrons. The number of likely N-dealkylation sites (tertiary alicyclic amines) is 1. The lowest BCUT2D eigenvalue weighted by Crippen LogP contribution is -2.35. The highest BCUT2D eigenvalue weighted by molar-refractivity contribution is 14.0. The standard InChI is InChI=1S/C22H28N4O.HI/c1-2-17-7-6-8-20(15-17)25-22(23)24-16-18-9-11-19(12-10-18)21(27)26-13-4-3-5-14-26;/h6-12,15H,2-5,13-14,16H2,1H3,(H3,23,24,25);1H. The Kier molecular flexibility index (Phi) is 8.76. The number of halogens is 1. The molecule has 2 aromatic carbocycles. The number of nitrogens with one attached hydrogen (secondary N) is 1. The average Bonchev–Trinajstić information content (AvgIpc) is 2.73. The molecule has 1 aliphatic rings. The molecular formula is C22H29IN4O. The molecule has 2 aromatic rings. The Morgan fingerprint density at radius 1 is 1.07 bits per heavy atom. The number of nitrogens with zero attached hydrogens (tertiary/aromatic N) is 2. The zero-order valence-electron chi connectivity index (χ0n) is 16.4. The minimum absolute atomic E-state index is 0. The Morgan fingerprint density at radius 2 is 1.79 bits per heavy atom. The van der Waals surface area contributed by atoms with Crippen molar-refractivity contribution < 1.29 is 4.79 Å². The number of aliphatic imine (C=N–C) groups is 1. The van der Waals surface area contributed by atoms with E-state index in [1.54, 1.807) is 0 Å². The number of benzene rings is 2. The molecule has 1 heterocycles. The largest absolute Gasteiger partial charge is 0.370 e. The maximum atomic E-state index is 12.5. The Labute approximate surface area is 184 Å². The normalized spacial score (nSPS) is 14.3. The van der Waals surface area contributed by atoms with Crippen LogP contribution in [-0.4, -0.2) is 29.9 Å². The lowest BCUT2D eigenvalue weighted by molar-refractivity contribution is 0.0724. The zero-order valence-corrected chi connectivity index (χ0v) is 18.7. The first-order valence-electron chi connectivity index (χ1n) is 9.70. The van der Waals surface area contributed by atoms with Gasteiger partial charge in [0.05, 0.1) is 6.54 Å². The summed E-state index contributed by atoms with van der Waals surface area (Å²) in [5.74, 6) is 0.512. The van der Waals surface area contributed by atoms with Crippen molar-refractivity contribution in [2.45, 2.75) is 39.2 Å². The second-order valence-electron chi connectivity index (χ2n) is 6.93. The first kappa shape index (κ1) is 22.2. The fraction of sp³-hybridized carbons (Fsp3) is 0.364. The molecule has 0 bridgehead atoms. The maximum absolute atomic E-state index is 12.5. The molecule has 3 N–H and O–H groups in total. The molecule has 0 aromatic heterocycles. The van der Waals surface area contributed by atoms with Crippen LogP contribution < -0.4 is 11.1 Å². The first-order valence-corrected chi connectivity index (χ1v) is 9.70. The number of hydrogen-bond donors (Lipinski definition) is 2. The van der Waals surface area contributed by atoms with E-state index in [1.165, 1.54) is 12.0 Å². The summed E-state index contributed by atoms with van der Waals surface area (Å²) < 4.78 is 0. The van der Waals surface area contributed by atoms with E-state index in [9.17, 15) is 4.79 Å². The van der Waals surface area contributed by atoms with Crippen LogP contribution in [0, 0.1) is 0 Å². The van der Waals surface area contributed by atoms with E-state index in [2.05, 4.69) is 29.4 Å². The van der Waals surface area contributed by atoms with Crippen LogP contribution in [0.3, 0.4) is 0 Å². The molecule has 1 aliphatic heterocycles. The SMILES string of the molecule is CCc1cccc(NC(N)=NCc2ccc(C(=O)N3CCCCC3)cc2)c1.I. The van der Waals surface area contributed by atoms with E-state index in [-0.39, 0.29) is 29.9 Å². The molecule has 0 aliphatic carbocycles. The Balaban J connectivity index is 0.00000280. The van der Waals surface area contributed by atoms with Gasteiger partial charge in [-0.05, 0) is 61.1 Å². The van der Waals surface area contributed by atoms with E-state index in [1.807, 2.05) is 41.3 Å². The number of nitrogens with two attached hydrogens (primary N) is 1. The highest BCUT2D eigenvalue weighted by Crippen LogP contribution is 2.14. The molecular weight excluding hydrogens is 463 g/mol. The summed E-state index contributed by atoms with van der Waals surface area (Å²) >= 11 is 0.